The van der Waals surface area contributed by atoms with Crippen molar-refractivity contribution in [3.8, 4) is 0 Å². The van der Waals surface area contributed by atoms with Gasteiger partial charge in [-0.3, -0.25) is 19.6 Å². The molecule has 1 saturated carbocycles. The molecule has 2 unspecified atom stereocenters. The molecule has 2 aromatic carbocycles. The Balaban J connectivity index is 1.69. The number of nitro groups is 1. The second kappa shape index (κ2) is 8.60. The Morgan fingerprint density at radius 2 is 1.79 bits per heavy atom. The van der Waals surface area contributed by atoms with Gasteiger partial charge in [0.2, 0.25) is 0 Å². The van der Waals surface area contributed by atoms with E-state index in [-0.39, 0.29) is 28.2 Å². The maximum Gasteiger partial charge on any atom is 0.270 e. The van der Waals surface area contributed by atoms with Gasteiger partial charge in [-0.1, -0.05) is 25.8 Å². The summed E-state index contributed by atoms with van der Waals surface area (Å²) >= 11 is 0. The number of carbonyl (C=O) groups is 1. The second-order valence-corrected chi connectivity index (χ2v) is 8.96. The predicted octanol–water partition coefficient (Wildman–Crippen LogP) is 3.70. The summed E-state index contributed by atoms with van der Waals surface area (Å²) in [5.74, 6) is 0.255. The summed E-state index contributed by atoms with van der Waals surface area (Å²) in [6.07, 6.45) is 4.36. The largest absolute Gasteiger partial charge is 0.349 e. The molecule has 9 heteroatoms. The van der Waals surface area contributed by atoms with Crippen molar-refractivity contribution in [1.29, 1.82) is 0 Å². The van der Waals surface area contributed by atoms with E-state index >= 15 is 0 Å². The SMILES string of the molecule is CC1CCCCC1NC(=O)c1ccc(NS(=O)(=O)c2cccc([N+](=O)[O-])c2)cc1. The van der Waals surface area contributed by atoms with Crippen molar-refractivity contribution >= 4 is 27.3 Å². The first-order valence-electron chi connectivity index (χ1n) is 9.44. The minimum atomic E-state index is -3.99. The molecule has 1 amide bonds. The van der Waals surface area contributed by atoms with Gasteiger partial charge in [0.05, 0.1) is 9.82 Å². The lowest BCUT2D eigenvalue weighted by Crippen LogP contribution is -2.41. The molecule has 154 valence electrons. The van der Waals surface area contributed by atoms with Crippen LogP contribution in [0.25, 0.3) is 0 Å². The van der Waals surface area contributed by atoms with Gasteiger partial charge in [0.15, 0.2) is 0 Å². The van der Waals surface area contributed by atoms with Gasteiger partial charge in [0, 0.05) is 29.4 Å². The third-order valence-corrected chi connectivity index (χ3v) is 6.54. The quantitative estimate of drug-likeness (QED) is 0.549. The van der Waals surface area contributed by atoms with Gasteiger partial charge < -0.3 is 5.32 Å². The summed E-state index contributed by atoms with van der Waals surface area (Å²) in [6.45, 7) is 2.13. The number of non-ortho nitro benzene ring substituents is 1. The van der Waals surface area contributed by atoms with Crippen molar-refractivity contribution in [3.05, 3.63) is 64.2 Å². The number of nitro benzene ring substituents is 1. The van der Waals surface area contributed by atoms with E-state index in [1.54, 1.807) is 12.1 Å². The zero-order valence-corrected chi connectivity index (χ0v) is 16.8. The van der Waals surface area contributed by atoms with Crippen molar-refractivity contribution in [1.82, 2.24) is 5.32 Å². The molecule has 0 saturated heterocycles. The Kier molecular flexibility index (Phi) is 6.17. The summed E-state index contributed by atoms with van der Waals surface area (Å²) in [4.78, 5) is 22.5. The molecule has 1 aliphatic rings. The first kappa shape index (κ1) is 20.8. The molecular weight excluding hydrogens is 394 g/mol. The Hall–Kier alpha value is -2.94. The number of nitrogens with one attached hydrogen (secondary N) is 2. The van der Waals surface area contributed by atoms with E-state index in [9.17, 15) is 23.3 Å². The normalized spacial score (nSPS) is 19.3. The zero-order chi connectivity index (χ0) is 21.0. The van der Waals surface area contributed by atoms with Gasteiger partial charge in [-0.15, -0.1) is 0 Å². The minimum Gasteiger partial charge on any atom is -0.349 e. The molecule has 29 heavy (non-hydrogen) atoms. The van der Waals surface area contributed by atoms with Crippen LogP contribution in [0.1, 0.15) is 43.0 Å². The van der Waals surface area contributed by atoms with E-state index in [1.165, 1.54) is 36.8 Å². The first-order valence-corrected chi connectivity index (χ1v) is 10.9. The zero-order valence-electron chi connectivity index (χ0n) is 16.0. The Labute approximate surface area is 169 Å². The molecule has 1 fully saturated rings. The van der Waals surface area contributed by atoms with Crippen LogP contribution in [-0.4, -0.2) is 25.3 Å². The fourth-order valence-corrected chi connectivity index (χ4v) is 4.55. The molecule has 1 aliphatic carbocycles. The highest BCUT2D eigenvalue weighted by atomic mass is 32.2. The van der Waals surface area contributed by atoms with Crippen molar-refractivity contribution in [3.63, 3.8) is 0 Å². The number of hydrogen-bond acceptors (Lipinski definition) is 5. The van der Waals surface area contributed by atoms with Crippen molar-refractivity contribution < 1.29 is 18.1 Å². The van der Waals surface area contributed by atoms with E-state index < -0.39 is 14.9 Å². The number of anilines is 1. The summed E-state index contributed by atoms with van der Waals surface area (Å²) in [7, 11) is -3.99. The van der Waals surface area contributed by atoms with E-state index in [2.05, 4.69) is 17.0 Å². The van der Waals surface area contributed by atoms with Gasteiger partial charge in [-0.05, 0) is 49.1 Å². The number of sulfonamides is 1. The topological polar surface area (TPSA) is 118 Å². The Morgan fingerprint density at radius 1 is 1.10 bits per heavy atom. The van der Waals surface area contributed by atoms with Crippen LogP contribution in [0.2, 0.25) is 0 Å². The molecule has 2 aromatic rings. The van der Waals surface area contributed by atoms with E-state index in [4.69, 9.17) is 0 Å². The molecule has 0 aromatic heterocycles. The highest BCUT2D eigenvalue weighted by Gasteiger charge is 2.23. The first-order chi connectivity index (χ1) is 13.8. The van der Waals surface area contributed by atoms with Crippen LogP contribution in [0.15, 0.2) is 53.4 Å². The molecule has 0 radical (unpaired) electrons. The van der Waals surface area contributed by atoms with Crippen LogP contribution in [0.3, 0.4) is 0 Å². The van der Waals surface area contributed by atoms with Crippen LogP contribution < -0.4 is 10.0 Å². The molecule has 2 atom stereocenters. The van der Waals surface area contributed by atoms with E-state index in [1.807, 2.05) is 0 Å². The van der Waals surface area contributed by atoms with Crippen molar-refractivity contribution in [2.24, 2.45) is 5.92 Å². The van der Waals surface area contributed by atoms with Crippen molar-refractivity contribution in [2.45, 2.75) is 43.5 Å². The second-order valence-electron chi connectivity index (χ2n) is 7.28. The number of benzene rings is 2. The molecule has 0 bridgehead atoms. The third kappa shape index (κ3) is 5.11. The number of amides is 1. The smallest absolute Gasteiger partial charge is 0.270 e. The summed E-state index contributed by atoms with van der Waals surface area (Å²) in [6, 6.07) is 11.1. The Morgan fingerprint density at radius 3 is 2.45 bits per heavy atom. The van der Waals surface area contributed by atoms with Crippen LogP contribution in [0.4, 0.5) is 11.4 Å². The molecular formula is C20H23N3O5S. The lowest BCUT2D eigenvalue weighted by Gasteiger charge is -2.29. The summed E-state index contributed by atoms with van der Waals surface area (Å²) < 4.78 is 27.3. The van der Waals surface area contributed by atoms with Gasteiger partial charge in [0.1, 0.15) is 0 Å². The standard InChI is InChI=1S/C20H23N3O5S/c1-14-5-2-3-8-19(14)21-20(24)15-9-11-16(12-10-15)22-29(27,28)18-7-4-6-17(13-18)23(25)26/h4,6-7,9-14,19,22H,2-3,5,8H2,1H3,(H,21,24). The average Bonchev–Trinajstić information content (AvgIpc) is 2.70. The highest BCUT2D eigenvalue weighted by molar-refractivity contribution is 7.92. The minimum absolute atomic E-state index is 0.156. The fraction of sp³-hybridized carbons (Fsp3) is 0.350. The average molecular weight is 417 g/mol. The fourth-order valence-electron chi connectivity index (χ4n) is 3.45. The van der Waals surface area contributed by atoms with Gasteiger partial charge in [-0.25, -0.2) is 8.42 Å². The monoisotopic (exact) mass is 417 g/mol. The van der Waals surface area contributed by atoms with Crippen LogP contribution in [0, 0.1) is 16.0 Å². The van der Waals surface area contributed by atoms with Crippen LogP contribution in [0.5, 0.6) is 0 Å². The van der Waals surface area contributed by atoms with Crippen molar-refractivity contribution in [2.75, 3.05) is 4.72 Å². The molecule has 0 heterocycles. The maximum atomic E-state index is 12.5. The van der Waals surface area contributed by atoms with Gasteiger partial charge in [0.25, 0.3) is 21.6 Å². The lowest BCUT2D eigenvalue weighted by atomic mass is 9.86. The van der Waals surface area contributed by atoms with Crippen LogP contribution in [-0.2, 0) is 10.0 Å². The van der Waals surface area contributed by atoms with Gasteiger partial charge >= 0.3 is 0 Å². The lowest BCUT2D eigenvalue weighted by molar-refractivity contribution is -0.385. The summed E-state index contributed by atoms with van der Waals surface area (Å²) in [5, 5.41) is 13.9. The summed E-state index contributed by atoms with van der Waals surface area (Å²) in [5.41, 5.74) is 0.400. The highest BCUT2D eigenvalue weighted by Crippen LogP contribution is 2.24. The Bertz CT molecular complexity index is 1010. The molecule has 0 spiro atoms. The van der Waals surface area contributed by atoms with E-state index in [0.29, 0.717) is 11.5 Å². The number of nitrogens with zero attached hydrogens (tertiary/aromatic N) is 1. The molecule has 0 aliphatic heterocycles. The predicted molar refractivity (Wildman–Crippen MR) is 109 cm³/mol. The number of hydrogen-bond donors (Lipinski definition) is 2. The third-order valence-electron chi connectivity index (χ3n) is 5.17. The maximum absolute atomic E-state index is 12.5. The molecule has 3 rings (SSSR count). The van der Waals surface area contributed by atoms with Gasteiger partial charge in [-0.2, -0.15) is 0 Å². The van der Waals surface area contributed by atoms with Crippen LogP contribution >= 0.6 is 0 Å². The number of rotatable bonds is 6. The van der Waals surface area contributed by atoms with E-state index in [0.717, 1.165) is 25.3 Å². The molecule has 2 N–H and O–H groups in total. The molecule has 8 nitrogen and oxygen atoms in total. The number of carbonyl (C=O) groups excluding carboxylic acids is 1.